The number of ether oxygens (including phenoxy) is 1. The Kier molecular flexibility index (Phi) is 5.51. The Labute approximate surface area is 127 Å². The number of benzene rings is 1. The molecule has 0 amide bonds. The molecule has 1 heterocycles. The molecule has 0 saturated carbocycles. The fourth-order valence-corrected chi connectivity index (χ4v) is 2.66. The van der Waals surface area contributed by atoms with Crippen molar-refractivity contribution in [2.24, 2.45) is 0 Å². The Bertz CT molecular complexity index is 634. The van der Waals surface area contributed by atoms with Crippen LogP contribution in [0.3, 0.4) is 0 Å². The van der Waals surface area contributed by atoms with Gasteiger partial charge in [0.05, 0.1) is 10.7 Å². The van der Waals surface area contributed by atoms with E-state index in [4.69, 9.17) is 9.84 Å². The molecule has 110 valence electrons. The second-order valence-corrected chi connectivity index (χ2v) is 5.46. The van der Waals surface area contributed by atoms with E-state index in [1.54, 1.807) is 17.4 Å². The zero-order valence-electron chi connectivity index (χ0n) is 11.8. The monoisotopic (exact) mass is 303 g/mol. The van der Waals surface area contributed by atoms with Crippen LogP contribution in [0, 0.1) is 0 Å². The van der Waals surface area contributed by atoms with Crippen LogP contribution in [0.5, 0.6) is 5.75 Å². The smallest absolute Gasteiger partial charge is 0.328 e. The molecule has 4 nitrogen and oxygen atoms in total. The molecule has 0 fully saturated rings. The van der Waals surface area contributed by atoms with Gasteiger partial charge in [0.25, 0.3) is 0 Å². The van der Waals surface area contributed by atoms with Crippen molar-refractivity contribution in [1.82, 2.24) is 4.98 Å². The van der Waals surface area contributed by atoms with Gasteiger partial charge in [0, 0.05) is 11.5 Å². The van der Waals surface area contributed by atoms with Gasteiger partial charge in [-0.25, -0.2) is 9.78 Å². The molecule has 1 aromatic heterocycles. The highest BCUT2D eigenvalue weighted by molar-refractivity contribution is 7.09. The second kappa shape index (κ2) is 7.59. The van der Waals surface area contributed by atoms with Crippen molar-refractivity contribution in [2.75, 3.05) is 0 Å². The first-order valence-electron chi connectivity index (χ1n) is 6.74. The maximum atomic E-state index is 10.5. The number of carbonyl (C=O) groups is 1. The lowest BCUT2D eigenvalue weighted by Crippen LogP contribution is -1.96. The summed E-state index contributed by atoms with van der Waals surface area (Å²) in [5, 5.41) is 11.8. The number of aromatic nitrogens is 1. The summed E-state index contributed by atoms with van der Waals surface area (Å²) in [6.45, 7) is 2.56. The van der Waals surface area contributed by atoms with Crippen LogP contribution in [-0.2, 0) is 17.8 Å². The molecule has 0 atom stereocenters. The molecule has 0 radical (unpaired) electrons. The van der Waals surface area contributed by atoms with Crippen molar-refractivity contribution in [3.8, 4) is 5.75 Å². The predicted octanol–water partition coefficient (Wildman–Crippen LogP) is 3.77. The predicted molar refractivity (Wildman–Crippen MR) is 83.6 cm³/mol. The fourth-order valence-electron chi connectivity index (χ4n) is 1.78. The van der Waals surface area contributed by atoms with Gasteiger partial charge < -0.3 is 9.84 Å². The molecule has 21 heavy (non-hydrogen) atoms. The lowest BCUT2D eigenvalue weighted by molar-refractivity contribution is -0.131. The number of aliphatic carboxylic acids is 1. The van der Waals surface area contributed by atoms with E-state index in [9.17, 15) is 4.79 Å². The van der Waals surface area contributed by atoms with E-state index in [2.05, 4.69) is 11.9 Å². The third kappa shape index (κ3) is 5.04. The normalized spacial score (nSPS) is 10.9. The highest BCUT2D eigenvalue weighted by atomic mass is 32.1. The highest BCUT2D eigenvalue weighted by Gasteiger charge is 2.02. The van der Waals surface area contributed by atoms with Crippen LogP contribution in [0.15, 0.2) is 35.7 Å². The largest absolute Gasteiger partial charge is 0.487 e. The van der Waals surface area contributed by atoms with Crippen molar-refractivity contribution in [3.63, 3.8) is 0 Å². The summed E-state index contributed by atoms with van der Waals surface area (Å²) in [7, 11) is 0. The van der Waals surface area contributed by atoms with Gasteiger partial charge in [0.1, 0.15) is 12.4 Å². The maximum absolute atomic E-state index is 10.5. The number of carboxylic acids is 1. The maximum Gasteiger partial charge on any atom is 0.328 e. The molecule has 0 aliphatic heterocycles. The first-order chi connectivity index (χ1) is 10.2. The molecule has 0 bridgehead atoms. The number of aryl methyl sites for hydroxylation is 1. The van der Waals surface area contributed by atoms with Gasteiger partial charge in [-0.1, -0.05) is 19.1 Å². The summed E-state index contributed by atoms with van der Waals surface area (Å²) >= 11 is 1.66. The number of nitrogens with zero attached hydrogens (tertiary/aromatic N) is 1. The minimum absolute atomic E-state index is 0.423. The quantitative estimate of drug-likeness (QED) is 0.791. The van der Waals surface area contributed by atoms with Crippen LogP contribution < -0.4 is 4.74 Å². The standard InChI is InChI=1S/C16H17NO3S/c1-2-4-15-17-13(11-21-15)10-20-14-6-3-5-12(9-14)7-8-16(18)19/h3,5-9,11H,2,4,10H2,1H3,(H,18,19). The number of rotatable bonds is 7. The van der Waals surface area contributed by atoms with Gasteiger partial charge in [0.15, 0.2) is 0 Å². The Morgan fingerprint density at radius 1 is 1.48 bits per heavy atom. The van der Waals surface area contributed by atoms with Crippen LogP contribution in [0.4, 0.5) is 0 Å². The molecule has 1 N–H and O–H groups in total. The minimum Gasteiger partial charge on any atom is -0.487 e. The molecule has 5 heteroatoms. The summed E-state index contributed by atoms with van der Waals surface area (Å²) in [6.07, 6.45) is 4.74. The van der Waals surface area contributed by atoms with Crippen molar-refractivity contribution in [2.45, 2.75) is 26.4 Å². The van der Waals surface area contributed by atoms with Gasteiger partial charge in [-0.15, -0.1) is 11.3 Å². The molecular weight excluding hydrogens is 286 g/mol. The molecule has 0 aliphatic rings. The number of carboxylic acid groups (broad SMARTS) is 1. The Balaban J connectivity index is 1.96. The summed E-state index contributed by atoms with van der Waals surface area (Å²) in [5.41, 5.74) is 1.72. The van der Waals surface area contributed by atoms with E-state index >= 15 is 0 Å². The molecule has 2 aromatic rings. The zero-order chi connectivity index (χ0) is 15.1. The Hall–Kier alpha value is -2.14. The first kappa shape index (κ1) is 15.3. The SMILES string of the molecule is CCCc1nc(COc2cccc(C=CC(=O)O)c2)cs1. The molecule has 0 saturated heterocycles. The van der Waals surface area contributed by atoms with Crippen LogP contribution in [0.2, 0.25) is 0 Å². The molecular formula is C16H17NO3S. The van der Waals surface area contributed by atoms with Crippen molar-refractivity contribution >= 4 is 23.4 Å². The molecule has 0 aliphatic carbocycles. The van der Waals surface area contributed by atoms with E-state index in [1.807, 2.05) is 23.6 Å². The lowest BCUT2D eigenvalue weighted by Gasteiger charge is -2.05. The number of thiazole rings is 1. The fraction of sp³-hybridized carbons (Fsp3) is 0.250. The van der Waals surface area contributed by atoms with Crippen LogP contribution >= 0.6 is 11.3 Å². The van der Waals surface area contributed by atoms with Gasteiger partial charge in [-0.2, -0.15) is 0 Å². The van der Waals surface area contributed by atoms with E-state index in [-0.39, 0.29) is 0 Å². The first-order valence-corrected chi connectivity index (χ1v) is 7.62. The van der Waals surface area contributed by atoms with E-state index in [0.717, 1.165) is 35.2 Å². The van der Waals surface area contributed by atoms with E-state index < -0.39 is 5.97 Å². The Morgan fingerprint density at radius 2 is 2.33 bits per heavy atom. The second-order valence-electron chi connectivity index (χ2n) is 4.52. The van der Waals surface area contributed by atoms with E-state index in [0.29, 0.717) is 12.4 Å². The molecule has 1 aromatic carbocycles. The summed E-state index contributed by atoms with van der Waals surface area (Å²) < 4.78 is 5.69. The van der Waals surface area contributed by atoms with Gasteiger partial charge in [-0.3, -0.25) is 0 Å². The molecule has 0 unspecified atom stereocenters. The van der Waals surface area contributed by atoms with Crippen molar-refractivity contribution < 1.29 is 14.6 Å². The minimum atomic E-state index is -0.966. The average Bonchev–Trinajstić information content (AvgIpc) is 2.92. The highest BCUT2D eigenvalue weighted by Crippen LogP contribution is 2.17. The third-order valence-electron chi connectivity index (χ3n) is 2.73. The Morgan fingerprint density at radius 3 is 3.10 bits per heavy atom. The van der Waals surface area contributed by atoms with Crippen LogP contribution in [-0.4, -0.2) is 16.1 Å². The van der Waals surface area contributed by atoms with Crippen LogP contribution in [0.1, 0.15) is 29.6 Å². The topological polar surface area (TPSA) is 59.4 Å². The van der Waals surface area contributed by atoms with E-state index in [1.165, 1.54) is 6.08 Å². The number of hydrogen-bond donors (Lipinski definition) is 1. The van der Waals surface area contributed by atoms with Crippen molar-refractivity contribution in [3.05, 3.63) is 52.0 Å². The van der Waals surface area contributed by atoms with Crippen LogP contribution in [0.25, 0.3) is 6.08 Å². The lowest BCUT2D eigenvalue weighted by atomic mass is 10.2. The van der Waals surface area contributed by atoms with Gasteiger partial charge >= 0.3 is 5.97 Å². The average molecular weight is 303 g/mol. The zero-order valence-corrected chi connectivity index (χ0v) is 12.6. The molecule has 0 spiro atoms. The van der Waals surface area contributed by atoms with Gasteiger partial charge in [-0.05, 0) is 36.6 Å². The van der Waals surface area contributed by atoms with Gasteiger partial charge in [0.2, 0.25) is 0 Å². The summed E-state index contributed by atoms with van der Waals surface area (Å²) in [5.74, 6) is -0.264. The summed E-state index contributed by atoms with van der Waals surface area (Å²) in [6, 6.07) is 7.31. The molecule has 2 rings (SSSR count). The summed E-state index contributed by atoms with van der Waals surface area (Å²) in [4.78, 5) is 15.0. The third-order valence-corrected chi connectivity index (χ3v) is 3.68. The number of hydrogen-bond acceptors (Lipinski definition) is 4. The van der Waals surface area contributed by atoms with Crippen molar-refractivity contribution in [1.29, 1.82) is 0 Å².